The third kappa shape index (κ3) is 3.18. The van der Waals surface area contributed by atoms with Gasteiger partial charge >= 0.3 is 0 Å². The zero-order chi connectivity index (χ0) is 14.8. The van der Waals surface area contributed by atoms with E-state index in [2.05, 4.69) is 20.7 Å². The first-order valence-corrected chi connectivity index (χ1v) is 7.99. The molecule has 0 heterocycles. The highest BCUT2D eigenvalue weighted by Crippen LogP contribution is 2.22. The average Bonchev–Trinajstić information content (AvgIpc) is 2.41. The lowest BCUT2D eigenvalue weighted by Crippen LogP contribution is -2.13. The maximum absolute atomic E-state index is 12.3. The number of aryl methyl sites for hydroxylation is 1. The smallest absolute Gasteiger partial charge is 0.261 e. The van der Waals surface area contributed by atoms with Gasteiger partial charge in [0, 0.05) is 4.47 Å². The van der Waals surface area contributed by atoms with Crippen molar-refractivity contribution in [2.75, 3.05) is 4.72 Å². The molecule has 0 saturated heterocycles. The minimum Gasteiger partial charge on any atom is -0.279 e. The van der Waals surface area contributed by atoms with Crippen LogP contribution >= 0.6 is 15.9 Å². The molecule has 2 aromatic rings. The molecule has 0 fully saturated rings. The van der Waals surface area contributed by atoms with Crippen molar-refractivity contribution in [2.24, 2.45) is 0 Å². The first-order valence-electron chi connectivity index (χ1n) is 5.71. The van der Waals surface area contributed by atoms with Crippen LogP contribution in [-0.4, -0.2) is 8.42 Å². The Balaban J connectivity index is 2.41. The van der Waals surface area contributed by atoms with Gasteiger partial charge in [-0.2, -0.15) is 5.26 Å². The summed E-state index contributed by atoms with van der Waals surface area (Å²) in [6, 6.07) is 13.3. The van der Waals surface area contributed by atoms with E-state index in [-0.39, 0.29) is 4.90 Å². The van der Waals surface area contributed by atoms with Crippen molar-refractivity contribution < 1.29 is 8.42 Å². The van der Waals surface area contributed by atoms with Crippen LogP contribution in [0.3, 0.4) is 0 Å². The molecular formula is C14H11BrN2O2S. The van der Waals surface area contributed by atoms with E-state index in [4.69, 9.17) is 5.26 Å². The molecule has 0 spiro atoms. The van der Waals surface area contributed by atoms with Gasteiger partial charge in [-0.25, -0.2) is 8.42 Å². The Bertz CT molecular complexity index is 795. The van der Waals surface area contributed by atoms with Gasteiger partial charge in [-0.3, -0.25) is 4.72 Å². The third-order valence-corrected chi connectivity index (χ3v) is 4.57. The summed E-state index contributed by atoms with van der Waals surface area (Å²) >= 11 is 3.24. The lowest BCUT2D eigenvalue weighted by atomic mass is 10.1. The summed E-state index contributed by atoms with van der Waals surface area (Å²) in [6.45, 7) is 1.78. The average molecular weight is 351 g/mol. The van der Waals surface area contributed by atoms with E-state index >= 15 is 0 Å². The number of rotatable bonds is 3. The first kappa shape index (κ1) is 14.6. The number of sulfonamides is 1. The number of halogens is 1. The molecule has 102 valence electrons. The molecule has 1 N–H and O–H groups in total. The highest BCUT2D eigenvalue weighted by atomic mass is 79.9. The fourth-order valence-corrected chi connectivity index (χ4v) is 3.36. The Kier molecular flexibility index (Phi) is 4.12. The number of benzene rings is 2. The van der Waals surface area contributed by atoms with Crippen LogP contribution in [0.1, 0.15) is 11.1 Å². The number of hydrogen-bond acceptors (Lipinski definition) is 3. The lowest BCUT2D eigenvalue weighted by Gasteiger charge is -2.11. The van der Waals surface area contributed by atoms with Crippen LogP contribution in [-0.2, 0) is 10.0 Å². The second kappa shape index (κ2) is 5.65. The molecule has 2 rings (SSSR count). The number of nitrogens with one attached hydrogen (secondary N) is 1. The van der Waals surface area contributed by atoms with Crippen molar-refractivity contribution in [2.45, 2.75) is 11.8 Å². The highest BCUT2D eigenvalue weighted by molar-refractivity contribution is 9.10. The van der Waals surface area contributed by atoms with E-state index in [0.717, 1.165) is 5.56 Å². The van der Waals surface area contributed by atoms with Gasteiger partial charge in [0.2, 0.25) is 0 Å². The van der Waals surface area contributed by atoms with E-state index in [1.54, 1.807) is 31.2 Å². The van der Waals surface area contributed by atoms with Gasteiger partial charge in [0.25, 0.3) is 10.0 Å². The van der Waals surface area contributed by atoms with Gasteiger partial charge < -0.3 is 0 Å². The lowest BCUT2D eigenvalue weighted by molar-refractivity contribution is 0.601. The van der Waals surface area contributed by atoms with Crippen LogP contribution in [0, 0.1) is 18.3 Å². The predicted molar refractivity (Wildman–Crippen MR) is 80.8 cm³/mol. The normalized spacial score (nSPS) is 10.8. The van der Waals surface area contributed by atoms with Gasteiger partial charge in [-0.15, -0.1) is 0 Å². The second-order valence-corrected chi connectivity index (χ2v) is 6.80. The fourth-order valence-electron chi connectivity index (χ4n) is 1.64. The van der Waals surface area contributed by atoms with Crippen molar-refractivity contribution in [3.8, 4) is 6.07 Å². The van der Waals surface area contributed by atoms with Gasteiger partial charge in [0.05, 0.1) is 22.2 Å². The summed E-state index contributed by atoms with van der Waals surface area (Å²) < 4.78 is 27.8. The number of nitriles is 1. The standard InChI is InChI=1S/C14H11BrN2O2S/c1-10-5-6-11(9-16)7-14(10)17-20(18,19)13-4-2-3-12(15)8-13/h2-8,17H,1H3. The Morgan fingerprint density at radius 3 is 2.60 bits per heavy atom. The molecule has 0 aliphatic rings. The van der Waals surface area contributed by atoms with Crippen molar-refractivity contribution in [3.63, 3.8) is 0 Å². The Labute approximate surface area is 126 Å². The van der Waals surface area contributed by atoms with E-state index in [0.29, 0.717) is 15.7 Å². The Hall–Kier alpha value is -1.84. The molecule has 6 heteroatoms. The van der Waals surface area contributed by atoms with Crippen LogP contribution in [0.15, 0.2) is 51.8 Å². The molecule has 4 nitrogen and oxygen atoms in total. The SMILES string of the molecule is Cc1ccc(C#N)cc1NS(=O)(=O)c1cccc(Br)c1. The Morgan fingerprint density at radius 2 is 1.95 bits per heavy atom. The van der Waals surface area contributed by atoms with Crippen LogP contribution < -0.4 is 4.72 Å². The van der Waals surface area contributed by atoms with E-state index in [1.807, 2.05) is 6.07 Å². The fraction of sp³-hybridized carbons (Fsp3) is 0.0714. The quantitative estimate of drug-likeness (QED) is 0.921. The number of anilines is 1. The summed E-state index contributed by atoms with van der Waals surface area (Å²) in [5.41, 5.74) is 1.56. The number of hydrogen-bond donors (Lipinski definition) is 1. The van der Waals surface area contributed by atoms with Crippen molar-refractivity contribution >= 4 is 31.6 Å². The molecule has 0 radical (unpaired) electrons. The second-order valence-electron chi connectivity index (χ2n) is 4.20. The molecule has 0 unspecified atom stereocenters. The van der Waals surface area contributed by atoms with E-state index < -0.39 is 10.0 Å². The third-order valence-electron chi connectivity index (χ3n) is 2.72. The summed E-state index contributed by atoms with van der Waals surface area (Å²) in [7, 11) is -3.67. The molecule has 2 aromatic carbocycles. The van der Waals surface area contributed by atoms with Gasteiger partial charge in [-0.05, 0) is 42.8 Å². The number of nitrogens with zero attached hydrogens (tertiary/aromatic N) is 1. The van der Waals surface area contributed by atoms with Crippen LogP contribution in [0.25, 0.3) is 0 Å². The maximum Gasteiger partial charge on any atom is 0.261 e. The van der Waals surface area contributed by atoms with Gasteiger partial charge in [0.15, 0.2) is 0 Å². The van der Waals surface area contributed by atoms with Crippen molar-refractivity contribution in [1.29, 1.82) is 5.26 Å². The minimum absolute atomic E-state index is 0.161. The van der Waals surface area contributed by atoms with Crippen LogP contribution in [0.5, 0.6) is 0 Å². The molecule has 0 saturated carbocycles. The summed E-state index contributed by atoms with van der Waals surface area (Å²) in [5.74, 6) is 0. The largest absolute Gasteiger partial charge is 0.279 e. The van der Waals surface area contributed by atoms with Crippen LogP contribution in [0.2, 0.25) is 0 Å². The first-order chi connectivity index (χ1) is 9.42. The summed E-state index contributed by atoms with van der Waals surface area (Å²) in [6.07, 6.45) is 0. The molecule has 0 bridgehead atoms. The monoisotopic (exact) mass is 350 g/mol. The van der Waals surface area contributed by atoms with E-state index in [1.165, 1.54) is 18.2 Å². The van der Waals surface area contributed by atoms with Crippen molar-refractivity contribution in [1.82, 2.24) is 0 Å². The van der Waals surface area contributed by atoms with E-state index in [9.17, 15) is 8.42 Å². The maximum atomic E-state index is 12.3. The van der Waals surface area contributed by atoms with Crippen molar-refractivity contribution in [3.05, 3.63) is 58.1 Å². The Morgan fingerprint density at radius 1 is 1.20 bits per heavy atom. The zero-order valence-electron chi connectivity index (χ0n) is 10.6. The highest BCUT2D eigenvalue weighted by Gasteiger charge is 2.15. The zero-order valence-corrected chi connectivity index (χ0v) is 13.0. The summed E-state index contributed by atoms with van der Waals surface area (Å²) in [5, 5.41) is 8.87. The molecule has 20 heavy (non-hydrogen) atoms. The predicted octanol–water partition coefficient (Wildman–Crippen LogP) is 3.43. The molecule has 0 atom stereocenters. The molecule has 0 aliphatic heterocycles. The van der Waals surface area contributed by atoms with Crippen LogP contribution in [0.4, 0.5) is 5.69 Å². The molecule has 0 aromatic heterocycles. The topological polar surface area (TPSA) is 70.0 Å². The molecule has 0 aliphatic carbocycles. The molecule has 0 amide bonds. The minimum atomic E-state index is -3.67. The summed E-state index contributed by atoms with van der Waals surface area (Å²) in [4.78, 5) is 0.161. The molecular weight excluding hydrogens is 340 g/mol. The van der Waals surface area contributed by atoms with Gasteiger partial charge in [0.1, 0.15) is 0 Å². The van der Waals surface area contributed by atoms with Gasteiger partial charge in [-0.1, -0.05) is 28.1 Å².